The van der Waals surface area contributed by atoms with Gasteiger partial charge in [0.25, 0.3) is 11.8 Å². The van der Waals surface area contributed by atoms with E-state index in [1.54, 1.807) is 43.3 Å². The van der Waals surface area contributed by atoms with Crippen LogP contribution in [-0.4, -0.2) is 22.7 Å². The van der Waals surface area contributed by atoms with Crippen molar-refractivity contribution in [1.29, 1.82) is 0 Å². The molecular weight excluding hydrogens is 313 g/mol. The highest BCUT2D eigenvalue weighted by Gasteiger charge is 2.14. The fraction of sp³-hybridized carbons (Fsp3) is 0.118. The van der Waals surface area contributed by atoms with Gasteiger partial charge < -0.3 is 14.6 Å². The first kappa shape index (κ1) is 15.7. The van der Waals surface area contributed by atoms with Crippen LogP contribution in [0.2, 0.25) is 0 Å². The molecule has 0 fully saturated rings. The van der Waals surface area contributed by atoms with Gasteiger partial charge in [0.15, 0.2) is 24.0 Å². The van der Waals surface area contributed by atoms with Crippen molar-refractivity contribution < 1.29 is 18.4 Å². The Morgan fingerprint density at radius 2 is 1.96 bits per heavy atom. The molecular formula is C17H14FN3O3. The minimum atomic E-state index is -0.521. The number of carbonyl (C=O) groups excluding carboxylic acids is 1. The molecule has 24 heavy (non-hydrogen) atoms. The van der Waals surface area contributed by atoms with Gasteiger partial charge in [0.2, 0.25) is 0 Å². The van der Waals surface area contributed by atoms with E-state index in [-0.39, 0.29) is 12.4 Å². The van der Waals surface area contributed by atoms with E-state index in [0.717, 1.165) is 0 Å². The van der Waals surface area contributed by atoms with Gasteiger partial charge in [0.1, 0.15) is 0 Å². The summed E-state index contributed by atoms with van der Waals surface area (Å²) in [6.45, 7) is 1.38. The summed E-state index contributed by atoms with van der Waals surface area (Å²) >= 11 is 0. The summed E-state index contributed by atoms with van der Waals surface area (Å²) in [5, 5.41) is 6.43. The van der Waals surface area contributed by atoms with Crippen molar-refractivity contribution in [2.75, 3.05) is 11.9 Å². The number of benzene rings is 2. The third-order valence-corrected chi connectivity index (χ3v) is 3.15. The smallest absolute Gasteiger partial charge is 0.262 e. The van der Waals surface area contributed by atoms with E-state index in [9.17, 15) is 9.18 Å². The molecule has 7 heteroatoms. The number of nitrogens with zero attached hydrogens (tertiary/aromatic N) is 2. The van der Waals surface area contributed by atoms with Crippen molar-refractivity contribution in [2.45, 2.75) is 6.92 Å². The average Bonchev–Trinajstić information content (AvgIpc) is 3.01. The molecule has 0 radical (unpaired) electrons. The molecule has 6 nitrogen and oxygen atoms in total. The van der Waals surface area contributed by atoms with Crippen molar-refractivity contribution in [3.8, 4) is 17.2 Å². The molecule has 0 unspecified atom stereocenters. The van der Waals surface area contributed by atoms with E-state index in [1.807, 2.05) is 0 Å². The van der Waals surface area contributed by atoms with Crippen molar-refractivity contribution in [3.05, 3.63) is 60.2 Å². The third-order valence-electron chi connectivity index (χ3n) is 3.15. The molecule has 0 spiro atoms. The summed E-state index contributed by atoms with van der Waals surface area (Å²) in [6, 6.07) is 12.9. The van der Waals surface area contributed by atoms with Crippen LogP contribution in [0.4, 0.5) is 10.1 Å². The number of carbonyl (C=O) groups is 1. The van der Waals surface area contributed by atoms with Crippen LogP contribution in [0.1, 0.15) is 5.82 Å². The van der Waals surface area contributed by atoms with Gasteiger partial charge in [-0.2, -0.15) is 4.98 Å². The summed E-state index contributed by atoms with van der Waals surface area (Å²) in [4.78, 5) is 16.2. The van der Waals surface area contributed by atoms with Gasteiger partial charge in [0.05, 0.1) is 11.3 Å². The normalized spacial score (nSPS) is 10.4. The largest absolute Gasteiger partial charge is 0.481 e. The molecule has 0 aliphatic carbocycles. The number of rotatable bonds is 5. The second-order valence-electron chi connectivity index (χ2n) is 4.96. The van der Waals surface area contributed by atoms with E-state index in [1.165, 1.54) is 12.1 Å². The molecule has 0 bridgehead atoms. The van der Waals surface area contributed by atoms with Crippen LogP contribution in [0.25, 0.3) is 11.5 Å². The molecule has 0 atom stereocenters. The molecule has 0 aliphatic heterocycles. The molecule has 0 aliphatic rings. The molecule has 1 heterocycles. The van der Waals surface area contributed by atoms with E-state index >= 15 is 0 Å². The average molecular weight is 327 g/mol. The summed E-state index contributed by atoms with van der Waals surface area (Å²) in [5.41, 5.74) is 1.10. The van der Waals surface area contributed by atoms with Crippen LogP contribution < -0.4 is 10.1 Å². The van der Waals surface area contributed by atoms with E-state index in [4.69, 9.17) is 9.26 Å². The summed E-state index contributed by atoms with van der Waals surface area (Å²) < 4.78 is 23.8. The van der Waals surface area contributed by atoms with Gasteiger partial charge in [-0.05, 0) is 31.2 Å². The number of nitrogens with one attached hydrogen (secondary N) is 1. The van der Waals surface area contributed by atoms with Crippen LogP contribution in [0.15, 0.2) is 53.1 Å². The van der Waals surface area contributed by atoms with Gasteiger partial charge in [-0.3, -0.25) is 4.79 Å². The van der Waals surface area contributed by atoms with Crippen LogP contribution in [0.5, 0.6) is 5.75 Å². The number of hydrogen-bond donors (Lipinski definition) is 1. The molecule has 2 aromatic carbocycles. The van der Waals surface area contributed by atoms with E-state index in [0.29, 0.717) is 23.0 Å². The number of anilines is 1. The van der Waals surface area contributed by atoms with Gasteiger partial charge in [-0.25, -0.2) is 4.39 Å². The first-order valence-electron chi connectivity index (χ1n) is 7.20. The fourth-order valence-electron chi connectivity index (χ4n) is 2.08. The first-order valence-corrected chi connectivity index (χ1v) is 7.20. The fourth-order valence-corrected chi connectivity index (χ4v) is 2.08. The lowest BCUT2D eigenvalue weighted by molar-refractivity contribution is -0.118. The zero-order valence-electron chi connectivity index (χ0n) is 12.8. The number of halogens is 1. The van der Waals surface area contributed by atoms with E-state index in [2.05, 4.69) is 15.5 Å². The van der Waals surface area contributed by atoms with Gasteiger partial charge in [-0.15, -0.1) is 0 Å². The molecule has 3 aromatic rings. The lowest BCUT2D eigenvalue weighted by Gasteiger charge is -2.10. The zero-order valence-corrected chi connectivity index (χ0v) is 12.8. The molecule has 1 amide bonds. The highest BCUT2D eigenvalue weighted by atomic mass is 19.1. The number of ether oxygens (including phenoxy) is 1. The predicted octanol–water partition coefficient (Wildman–Crippen LogP) is 3.20. The molecule has 1 aromatic heterocycles. The molecule has 0 saturated heterocycles. The zero-order chi connectivity index (χ0) is 16.9. The van der Waals surface area contributed by atoms with Gasteiger partial charge in [0, 0.05) is 0 Å². The van der Waals surface area contributed by atoms with Crippen LogP contribution in [0.3, 0.4) is 0 Å². The topological polar surface area (TPSA) is 77.2 Å². The lowest BCUT2D eigenvalue weighted by atomic mass is 10.1. The van der Waals surface area contributed by atoms with Crippen LogP contribution >= 0.6 is 0 Å². The standard InChI is InChI=1S/C17H14FN3O3/c1-11-19-17(24-21-11)12-6-2-4-8-14(12)20-16(22)10-23-15-9-5-3-7-13(15)18/h2-9H,10H2,1H3,(H,20,22). The maximum Gasteiger partial charge on any atom is 0.262 e. The Labute approximate surface area is 137 Å². The number of amides is 1. The second kappa shape index (κ2) is 6.91. The Kier molecular flexibility index (Phi) is 4.51. The minimum Gasteiger partial charge on any atom is -0.481 e. The number of hydrogen-bond acceptors (Lipinski definition) is 5. The van der Waals surface area contributed by atoms with Crippen molar-refractivity contribution in [2.24, 2.45) is 0 Å². The maximum atomic E-state index is 13.5. The summed E-state index contributed by atoms with van der Waals surface area (Å²) in [5.74, 6) is -0.130. The number of aryl methyl sites for hydroxylation is 1. The molecule has 0 saturated carbocycles. The molecule has 122 valence electrons. The maximum absolute atomic E-state index is 13.5. The predicted molar refractivity (Wildman–Crippen MR) is 85.0 cm³/mol. The first-order chi connectivity index (χ1) is 11.6. The van der Waals surface area contributed by atoms with Crippen LogP contribution in [0, 0.1) is 12.7 Å². The Morgan fingerprint density at radius 3 is 2.71 bits per heavy atom. The summed E-state index contributed by atoms with van der Waals surface area (Å²) in [7, 11) is 0. The third kappa shape index (κ3) is 3.57. The highest BCUT2D eigenvalue weighted by Crippen LogP contribution is 2.26. The molecule has 3 rings (SSSR count). The quantitative estimate of drug-likeness (QED) is 0.778. The summed E-state index contributed by atoms with van der Waals surface area (Å²) in [6.07, 6.45) is 0. The Balaban J connectivity index is 1.70. The van der Waals surface area contributed by atoms with Crippen molar-refractivity contribution >= 4 is 11.6 Å². The second-order valence-corrected chi connectivity index (χ2v) is 4.96. The lowest BCUT2D eigenvalue weighted by Crippen LogP contribution is -2.20. The monoisotopic (exact) mass is 327 g/mol. The Bertz CT molecular complexity index is 864. The van der Waals surface area contributed by atoms with Crippen molar-refractivity contribution in [3.63, 3.8) is 0 Å². The number of aromatic nitrogens is 2. The SMILES string of the molecule is Cc1noc(-c2ccccc2NC(=O)COc2ccccc2F)n1. The molecule has 1 N–H and O–H groups in total. The Hall–Kier alpha value is -3.22. The van der Waals surface area contributed by atoms with E-state index < -0.39 is 11.7 Å². The minimum absolute atomic E-state index is 0.0217. The highest BCUT2D eigenvalue weighted by molar-refractivity contribution is 5.95. The number of para-hydroxylation sites is 2. The van der Waals surface area contributed by atoms with Gasteiger partial charge in [-0.1, -0.05) is 29.4 Å². The van der Waals surface area contributed by atoms with Gasteiger partial charge >= 0.3 is 0 Å². The van der Waals surface area contributed by atoms with Crippen LogP contribution in [-0.2, 0) is 4.79 Å². The van der Waals surface area contributed by atoms with Crippen molar-refractivity contribution in [1.82, 2.24) is 10.1 Å². The Morgan fingerprint density at radius 1 is 1.21 bits per heavy atom.